The Balaban J connectivity index is 1.18. The molecule has 0 saturated heterocycles. The molecule has 0 amide bonds. The molecule has 0 saturated carbocycles. The highest BCUT2D eigenvalue weighted by atomic mass is 15.0. The lowest BCUT2D eigenvalue weighted by Gasteiger charge is -2.24. The van der Waals surface area contributed by atoms with Gasteiger partial charge in [0.1, 0.15) is 0 Å². The van der Waals surface area contributed by atoms with E-state index >= 15 is 0 Å². The molecule has 278 valence electrons. The van der Waals surface area contributed by atoms with E-state index in [9.17, 15) is 0 Å². The van der Waals surface area contributed by atoms with Crippen molar-refractivity contribution < 1.29 is 0 Å². The number of fused-ring (bicyclic) bond motifs is 13. The maximum Gasteiger partial charge on any atom is 0.0641 e. The van der Waals surface area contributed by atoms with Gasteiger partial charge < -0.3 is 13.7 Å². The lowest BCUT2D eigenvalue weighted by atomic mass is 9.80. The molecule has 1 aliphatic carbocycles. The van der Waals surface area contributed by atoms with Gasteiger partial charge in [0.25, 0.3) is 0 Å². The van der Waals surface area contributed by atoms with Crippen LogP contribution in [-0.4, -0.2) is 13.7 Å². The van der Waals surface area contributed by atoms with E-state index in [2.05, 4.69) is 218 Å². The van der Waals surface area contributed by atoms with Crippen LogP contribution in [0.3, 0.4) is 0 Å². The molecule has 3 heterocycles. The van der Waals surface area contributed by atoms with Crippen molar-refractivity contribution in [2.24, 2.45) is 0 Å². The summed E-state index contributed by atoms with van der Waals surface area (Å²) in [7, 11) is 0. The summed E-state index contributed by atoms with van der Waals surface area (Å²) in [6.07, 6.45) is 0. The van der Waals surface area contributed by atoms with Crippen molar-refractivity contribution in [1.82, 2.24) is 13.7 Å². The molecule has 3 aromatic heterocycles. The van der Waals surface area contributed by atoms with Crippen molar-refractivity contribution in [2.75, 3.05) is 0 Å². The molecule has 0 radical (unpaired) electrons. The van der Waals surface area contributed by atoms with Crippen molar-refractivity contribution in [2.45, 2.75) is 45.4 Å². The first-order chi connectivity index (χ1) is 28.2. The van der Waals surface area contributed by atoms with Crippen LogP contribution in [0.15, 0.2) is 170 Å². The van der Waals surface area contributed by atoms with E-state index in [-0.39, 0.29) is 10.8 Å². The van der Waals surface area contributed by atoms with Gasteiger partial charge in [-0.25, -0.2) is 0 Å². The zero-order valence-corrected chi connectivity index (χ0v) is 33.5. The van der Waals surface area contributed by atoms with E-state index in [1.807, 2.05) is 0 Å². The number of para-hydroxylation sites is 4. The number of aromatic nitrogens is 3. The number of hydrogen-bond donors (Lipinski definition) is 0. The van der Waals surface area contributed by atoms with Crippen LogP contribution in [0.1, 0.15) is 51.3 Å². The normalized spacial score (nSPS) is 13.7. The van der Waals surface area contributed by atoms with Crippen LogP contribution in [-0.2, 0) is 10.8 Å². The van der Waals surface area contributed by atoms with E-state index in [0.717, 1.165) is 5.69 Å². The Labute approximate surface area is 338 Å². The second-order valence-corrected chi connectivity index (χ2v) is 17.8. The van der Waals surface area contributed by atoms with Gasteiger partial charge >= 0.3 is 0 Å². The van der Waals surface area contributed by atoms with E-state index in [1.54, 1.807) is 0 Å². The van der Waals surface area contributed by atoms with Gasteiger partial charge in [-0.3, -0.25) is 0 Å². The molecule has 0 N–H and O–H groups in total. The zero-order chi connectivity index (χ0) is 39.1. The number of nitrogens with zero attached hydrogens (tertiary/aromatic N) is 3. The Bertz CT molecular complexity index is 3490. The molecule has 8 aromatic carbocycles. The Morgan fingerprint density at radius 1 is 0.379 bits per heavy atom. The third-order valence-electron chi connectivity index (χ3n) is 13.2. The van der Waals surface area contributed by atoms with Crippen LogP contribution in [0.4, 0.5) is 0 Å². The second kappa shape index (κ2) is 11.6. The van der Waals surface area contributed by atoms with Crippen molar-refractivity contribution >= 4 is 65.4 Å². The van der Waals surface area contributed by atoms with Crippen molar-refractivity contribution in [1.29, 1.82) is 0 Å². The van der Waals surface area contributed by atoms with Gasteiger partial charge in [0, 0.05) is 54.8 Å². The molecule has 0 aliphatic heterocycles. The van der Waals surface area contributed by atoms with Gasteiger partial charge in [0.2, 0.25) is 0 Å². The van der Waals surface area contributed by atoms with Gasteiger partial charge in [-0.1, -0.05) is 132 Å². The number of rotatable bonds is 3. The number of benzene rings is 8. The summed E-state index contributed by atoms with van der Waals surface area (Å²) < 4.78 is 7.43. The average Bonchev–Trinajstić information content (AvgIpc) is 3.93. The molecule has 0 unspecified atom stereocenters. The predicted octanol–water partition coefficient (Wildman–Crippen LogP) is 14.6. The minimum Gasteiger partial charge on any atom is -0.309 e. The van der Waals surface area contributed by atoms with Gasteiger partial charge in [-0.15, -0.1) is 0 Å². The Kier molecular flexibility index (Phi) is 6.67. The predicted molar refractivity (Wildman–Crippen MR) is 246 cm³/mol. The standard InChI is InChI=1S/C55H43N3/c1-54(2,3)34-24-27-45-41(30-34)42-32-44-43-31-37(25-28-49(43)56(35-16-8-6-9-17-35)51(44)33-46(42)55(45,4)5)57-48-23-15-13-21-40(48)52-50(57)29-26-39-38-20-12-14-22-47(38)58(53(39)52)36-18-10-7-11-19-36/h6-33H,1-5H3. The van der Waals surface area contributed by atoms with Crippen LogP contribution >= 0.6 is 0 Å². The molecule has 0 atom stereocenters. The zero-order valence-electron chi connectivity index (χ0n) is 33.5. The van der Waals surface area contributed by atoms with Crippen LogP contribution < -0.4 is 0 Å². The maximum atomic E-state index is 2.50. The summed E-state index contributed by atoms with van der Waals surface area (Å²) in [6, 6.07) is 63.5. The summed E-state index contributed by atoms with van der Waals surface area (Å²) in [5.74, 6) is 0. The molecule has 11 aromatic rings. The summed E-state index contributed by atoms with van der Waals surface area (Å²) in [5, 5.41) is 7.58. The minimum absolute atomic E-state index is 0.0631. The average molecular weight is 746 g/mol. The largest absolute Gasteiger partial charge is 0.309 e. The van der Waals surface area contributed by atoms with E-state index in [4.69, 9.17) is 0 Å². The molecule has 1 aliphatic rings. The maximum absolute atomic E-state index is 2.50. The Hall–Kier alpha value is -6.84. The van der Waals surface area contributed by atoms with E-state index in [0.29, 0.717) is 0 Å². The lowest BCUT2D eigenvalue weighted by molar-refractivity contribution is 0.589. The summed E-state index contributed by atoms with van der Waals surface area (Å²) >= 11 is 0. The molecule has 12 rings (SSSR count). The summed E-state index contributed by atoms with van der Waals surface area (Å²) in [5.41, 5.74) is 17.6. The molecular weight excluding hydrogens is 703 g/mol. The van der Waals surface area contributed by atoms with Crippen molar-refractivity contribution in [3.63, 3.8) is 0 Å². The molecule has 0 fully saturated rings. The third kappa shape index (κ3) is 4.45. The molecule has 0 spiro atoms. The van der Waals surface area contributed by atoms with Crippen LogP contribution in [0, 0.1) is 0 Å². The highest BCUT2D eigenvalue weighted by Crippen LogP contribution is 2.52. The SMILES string of the molecule is CC(C)(C)c1ccc2c(c1)-c1cc3c4cc(-n5c6ccccc6c6c5ccc5c7ccccc7n(-c7ccccc7)c56)ccc4n(-c4ccccc4)c3cc1C2(C)C. The first-order valence-electron chi connectivity index (χ1n) is 20.5. The lowest BCUT2D eigenvalue weighted by Crippen LogP contribution is -2.16. The van der Waals surface area contributed by atoms with Crippen LogP contribution in [0.25, 0.3) is 93.6 Å². The smallest absolute Gasteiger partial charge is 0.0641 e. The summed E-state index contributed by atoms with van der Waals surface area (Å²) in [4.78, 5) is 0. The molecular formula is C55H43N3. The molecule has 3 nitrogen and oxygen atoms in total. The quantitative estimate of drug-likeness (QED) is 0.171. The van der Waals surface area contributed by atoms with E-state index < -0.39 is 0 Å². The highest BCUT2D eigenvalue weighted by Gasteiger charge is 2.37. The van der Waals surface area contributed by atoms with Gasteiger partial charge in [0.15, 0.2) is 0 Å². The minimum atomic E-state index is -0.116. The number of hydrogen-bond acceptors (Lipinski definition) is 0. The molecule has 58 heavy (non-hydrogen) atoms. The fourth-order valence-corrected chi connectivity index (χ4v) is 10.3. The molecule has 0 bridgehead atoms. The topological polar surface area (TPSA) is 14.8 Å². The van der Waals surface area contributed by atoms with Gasteiger partial charge in [-0.2, -0.15) is 0 Å². The Morgan fingerprint density at radius 2 is 0.948 bits per heavy atom. The van der Waals surface area contributed by atoms with Gasteiger partial charge in [-0.05, 0) is 106 Å². The van der Waals surface area contributed by atoms with Crippen LogP contribution in [0.2, 0.25) is 0 Å². The fraction of sp³-hybridized carbons (Fsp3) is 0.127. The van der Waals surface area contributed by atoms with Crippen molar-refractivity contribution in [3.05, 3.63) is 187 Å². The first kappa shape index (κ1) is 33.3. The van der Waals surface area contributed by atoms with Gasteiger partial charge in [0.05, 0.1) is 33.1 Å². The second-order valence-electron chi connectivity index (χ2n) is 17.8. The van der Waals surface area contributed by atoms with E-state index in [1.165, 1.54) is 105 Å². The van der Waals surface area contributed by atoms with Crippen molar-refractivity contribution in [3.8, 4) is 28.2 Å². The Morgan fingerprint density at radius 3 is 1.67 bits per heavy atom. The summed E-state index contributed by atoms with van der Waals surface area (Å²) in [6.45, 7) is 11.7. The monoisotopic (exact) mass is 745 g/mol. The third-order valence-corrected chi connectivity index (χ3v) is 13.2. The molecule has 3 heteroatoms. The van der Waals surface area contributed by atoms with Crippen LogP contribution in [0.5, 0.6) is 0 Å². The fourth-order valence-electron chi connectivity index (χ4n) is 10.3. The first-order valence-corrected chi connectivity index (χ1v) is 20.5. The highest BCUT2D eigenvalue weighted by molar-refractivity contribution is 6.26.